The van der Waals surface area contributed by atoms with Gasteiger partial charge < -0.3 is 15.4 Å². The number of halogens is 1. The Labute approximate surface area is 201 Å². The number of sulfonamides is 1. The summed E-state index contributed by atoms with van der Waals surface area (Å²) >= 11 is 0. The predicted molar refractivity (Wildman–Crippen MR) is 127 cm³/mol. The molecule has 0 aliphatic carbocycles. The van der Waals surface area contributed by atoms with Gasteiger partial charge in [0.25, 0.3) is 15.9 Å². The fourth-order valence-electron chi connectivity index (χ4n) is 2.88. The molecule has 3 rings (SSSR count). The van der Waals surface area contributed by atoms with Gasteiger partial charge in [0.15, 0.2) is 6.61 Å². The van der Waals surface area contributed by atoms with Crippen LogP contribution in [0.2, 0.25) is 0 Å². The monoisotopic (exact) mass is 499 g/mol. The number of amides is 2. The van der Waals surface area contributed by atoms with E-state index < -0.39 is 40.2 Å². The van der Waals surface area contributed by atoms with Gasteiger partial charge in [-0.05, 0) is 60.7 Å². The molecule has 9 nitrogen and oxygen atoms in total. The first-order chi connectivity index (χ1) is 16.7. The maximum atomic E-state index is 12.9. The van der Waals surface area contributed by atoms with E-state index in [1.807, 2.05) is 0 Å². The van der Waals surface area contributed by atoms with Crippen LogP contribution in [0.3, 0.4) is 0 Å². The van der Waals surface area contributed by atoms with Crippen LogP contribution in [0.25, 0.3) is 0 Å². The molecule has 0 atom stereocenters. The lowest BCUT2D eigenvalue weighted by molar-refractivity contribution is -0.126. The third kappa shape index (κ3) is 6.87. The van der Waals surface area contributed by atoms with Gasteiger partial charge in [-0.2, -0.15) is 0 Å². The molecule has 0 aliphatic rings. The Morgan fingerprint density at radius 2 is 1.51 bits per heavy atom. The van der Waals surface area contributed by atoms with Crippen LogP contribution in [0.1, 0.15) is 10.4 Å². The standard InChI is InChI=1S/C24H22FN3O6S/c1-28(20-5-3-2-4-6-20)35(32,33)21-13-7-17(8-14-21)24(31)34-16-23(30)26-15-22(29)27-19-11-9-18(25)10-12-19/h2-14H,15-16H2,1H3,(H,26,30)(H,27,29). The van der Waals surface area contributed by atoms with Crippen molar-refractivity contribution in [1.82, 2.24) is 5.32 Å². The highest BCUT2D eigenvalue weighted by Gasteiger charge is 2.22. The SMILES string of the molecule is CN(c1ccccc1)S(=O)(=O)c1ccc(C(=O)OCC(=O)NCC(=O)Nc2ccc(F)cc2)cc1. The molecule has 182 valence electrons. The van der Waals surface area contributed by atoms with Gasteiger partial charge in [0.1, 0.15) is 5.82 Å². The van der Waals surface area contributed by atoms with E-state index in [9.17, 15) is 27.2 Å². The molecule has 2 amide bonds. The third-order valence-corrected chi connectivity index (χ3v) is 6.58. The maximum Gasteiger partial charge on any atom is 0.338 e. The van der Waals surface area contributed by atoms with Gasteiger partial charge in [-0.15, -0.1) is 0 Å². The summed E-state index contributed by atoms with van der Waals surface area (Å²) in [5, 5.41) is 4.76. The van der Waals surface area contributed by atoms with Crippen molar-refractivity contribution in [3.05, 3.63) is 90.2 Å². The Bertz CT molecular complexity index is 1300. The second-order valence-corrected chi connectivity index (χ2v) is 9.21. The van der Waals surface area contributed by atoms with Crippen molar-refractivity contribution < 1.29 is 31.9 Å². The Morgan fingerprint density at radius 3 is 2.14 bits per heavy atom. The molecular formula is C24H22FN3O6S. The molecule has 11 heteroatoms. The number of hydrogen-bond acceptors (Lipinski definition) is 6. The molecule has 0 bridgehead atoms. The molecule has 0 radical (unpaired) electrons. The summed E-state index contributed by atoms with van der Waals surface area (Å²) in [6, 6.07) is 18.7. The lowest BCUT2D eigenvalue weighted by atomic mass is 10.2. The number of rotatable bonds is 9. The van der Waals surface area contributed by atoms with Crippen LogP contribution >= 0.6 is 0 Å². The number of benzene rings is 3. The van der Waals surface area contributed by atoms with Gasteiger partial charge in [0.2, 0.25) is 5.91 Å². The smallest absolute Gasteiger partial charge is 0.338 e. The molecule has 35 heavy (non-hydrogen) atoms. The van der Waals surface area contributed by atoms with E-state index in [1.54, 1.807) is 30.3 Å². The number of nitrogens with zero attached hydrogens (tertiary/aromatic N) is 1. The van der Waals surface area contributed by atoms with Crippen molar-refractivity contribution >= 4 is 39.2 Å². The van der Waals surface area contributed by atoms with Gasteiger partial charge in [0.05, 0.1) is 22.7 Å². The second kappa shape index (κ2) is 11.3. The molecule has 0 aromatic heterocycles. The van der Waals surface area contributed by atoms with Crippen LogP contribution in [0.4, 0.5) is 15.8 Å². The fourth-order valence-corrected chi connectivity index (χ4v) is 4.08. The number of ether oxygens (including phenoxy) is 1. The van der Waals surface area contributed by atoms with Crippen LogP contribution in [0.5, 0.6) is 0 Å². The van der Waals surface area contributed by atoms with E-state index in [0.717, 1.165) is 4.31 Å². The average molecular weight is 500 g/mol. The molecule has 3 aromatic carbocycles. The number of anilines is 2. The summed E-state index contributed by atoms with van der Waals surface area (Å²) < 4.78 is 44.5. The molecule has 0 aliphatic heterocycles. The van der Waals surface area contributed by atoms with Gasteiger partial charge in [-0.1, -0.05) is 18.2 Å². The highest BCUT2D eigenvalue weighted by Crippen LogP contribution is 2.22. The molecule has 0 saturated heterocycles. The van der Waals surface area contributed by atoms with Crippen molar-refractivity contribution in [1.29, 1.82) is 0 Å². The van der Waals surface area contributed by atoms with Gasteiger partial charge in [-0.25, -0.2) is 17.6 Å². The molecule has 0 spiro atoms. The first-order valence-corrected chi connectivity index (χ1v) is 11.7. The Balaban J connectivity index is 1.48. The quantitative estimate of drug-likeness (QED) is 0.437. The fraction of sp³-hybridized carbons (Fsp3) is 0.125. The largest absolute Gasteiger partial charge is 0.452 e. The molecule has 0 heterocycles. The minimum atomic E-state index is -3.84. The van der Waals surface area contributed by atoms with Crippen LogP contribution in [-0.2, 0) is 24.3 Å². The number of carbonyl (C=O) groups excluding carboxylic acids is 3. The lowest BCUT2D eigenvalue weighted by Crippen LogP contribution is -2.35. The van der Waals surface area contributed by atoms with Gasteiger partial charge in [0, 0.05) is 12.7 Å². The molecule has 0 fully saturated rings. The molecule has 0 saturated carbocycles. The topological polar surface area (TPSA) is 122 Å². The lowest BCUT2D eigenvalue weighted by Gasteiger charge is -2.19. The van der Waals surface area contributed by atoms with Crippen molar-refractivity contribution in [3.63, 3.8) is 0 Å². The van der Waals surface area contributed by atoms with Crippen LogP contribution in [0, 0.1) is 5.82 Å². The summed E-state index contributed by atoms with van der Waals surface area (Å²) in [4.78, 5) is 35.9. The van der Waals surface area contributed by atoms with Crippen LogP contribution < -0.4 is 14.9 Å². The van der Waals surface area contributed by atoms with E-state index in [1.165, 1.54) is 55.6 Å². The normalized spacial score (nSPS) is 10.8. The predicted octanol–water partition coefficient (Wildman–Crippen LogP) is 2.56. The van der Waals surface area contributed by atoms with E-state index >= 15 is 0 Å². The highest BCUT2D eigenvalue weighted by atomic mass is 32.2. The van der Waals surface area contributed by atoms with E-state index in [-0.39, 0.29) is 17.0 Å². The zero-order valence-electron chi connectivity index (χ0n) is 18.6. The minimum absolute atomic E-state index is 0.0229. The first-order valence-electron chi connectivity index (χ1n) is 10.3. The summed E-state index contributed by atoms with van der Waals surface area (Å²) in [7, 11) is -2.42. The zero-order valence-corrected chi connectivity index (χ0v) is 19.4. The van der Waals surface area contributed by atoms with E-state index in [4.69, 9.17) is 4.74 Å². The highest BCUT2D eigenvalue weighted by molar-refractivity contribution is 7.92. The number of hydrogen-bond donors (Lipinski definition) is 2. The van der Waals surface area contributed by atoms with Crippen molar-refractivity contribution in [2.45, 2.75) is 4.90 Å². The van der Waals surface area contributed by atoms with Gasteiger partial charge in [-0.3, -0.25) is 13.9 Å². The van der Waals surface area contributed by atoms with Gasteiger partial charge >= 0.3 is 5.97 Å². The minimum Gasteiger partial charge on any atom is -0.452 e. The average Bonchev–Trinajstić information content (AvgIpc) is 2.87. The van der Waals surface area contributed by atoms with Crippen molar-refractivity contribution in [2.24, 2.45) is 0 Å². The number of esters is 1. The van der Waals surface area contributed by atoms with Crippen LogP contribution in [0.15, 0.2) is 83.8 Å². The maximum absolute atomic E-state index is 12.9. The van der Waals surface area contributed by atoms with Crippen LogP contribution in [-0.4, -0.2) is 46.4 Å². The van der Waals surface area contributed by atoms with Crippen molar-refractivity contribution in [3.8, 4) is 0 Å². The number of nitrogens with one attached hydrogen (secondary N) is 2. The Kier molecular flexibility index (Phi) is 8.16. The van der Waals surface area contributed by atoms with E-state index in [2.05, 4.69) is 10.6 Å². The molecular weight excluding hydrogens is 477 g/mol. The Morgan fingerprint density at radius 1 is 0.886 bits per heavy atom. The summed E-state index contributed by atoms with van der Waals surface area (Å²) in [5.74, 6) is -2.55. The number of para-hydroxylation sites is 1. The molecule has 3 aromatic rings. The Hall–Kier alpha value is -4.25. The number of carbonyl (C=O) groups is 3. The second-order valence-electron chi connectivity index (χ2n) is 7.24. The van der Waals surface area contributed by atoms with E-state index in [0.29, 0.717) is 11.4 Å². The summed E-state index contributed by atoms with van der Waals surface area (Å²) in [6.45, 7) is -1.02. The summed E-state index contributed by atoms with van der Waals surface area (Å²) in [5.41, 5.74) is 0.888. The molecule has 0 unspecified atom stereocenters. The molecule has 2 N–H and O–H groups in total. The summed E-state index contributed by atoms with van der Waals surface area (Å²) in [6.07, 6.45) is 0. The van der Waals surface area contributed by atoms with Crippen molar-refractivity contribution in [2.75, 3.05) is 29.8 Å². The first kappa shape index (κ1) is 25.4. The zero-order chi connectivity index (χ0) is 25.4. The third-order valence-electron chi connectivity index (χ3n) is 4.78.